The highest BCUT2D eigenvalue weighted by Crippen LogP contribution is 2.29. The Balaban J connectivity index is 1.63. The van der Waals surface area contributed by atoms with E-state index in [2.05, 4.69) is 4.90 Å². The van der Waals surface area contributed by atoms with Gasteiger partial charge in [-0.05, 0) is 23.6 Å². The number of methoxy groups -OCH3 is 1. The van der Waals surface area contributed by atoms with Gasteiger partial charge < -0.3 is 19.3 Å². The van der Waals surface area contributed by atoms with E-state index >= 15 is 0 Å². The van der Waals surface area contributed by atoms with Crippen LogP contribution in [0.3, 0.4) is 0 Å². The predicted octanol–water partition coefficient (Wildman–Crippen LogP) is 3.06. The number of aromatic nitrogens is 2. The van der Waals surface area contributed by atoms with Crippen LogP contribution in [0.25, 0.3) is 21.6 Å². The van der Waals surface area contributed by atoms with Crippen LogP contribution in [-0.4, -0.2) is 73.9 Å². The van der Waals surface area contributed by atoms with Crippen molar-refractivity contribution in [2.24, 2.45) is 0 Å². The van der Waals surface area contributed by atoms with Crippen LogP contribution in [0.15, 0.2) is 41.8 Å². The van der Waals surface area contributed by atoms with Crippen molar-refractivity contribution in [2.45, 2.75) is 6.42 Å². The van der Waals surface area contributed by atoms with Crippen LogP contribution < -0.4 is 4.90 Å². The van der Waals surface area contributed by atoms with Crippen molar-refractivity contribution >= 4 is 34.0 Å². The number of para-hydroxylation sites is 1. The molecule has 1 aliphatic rings. The number of hydrogen-bond donors (Lipinski definition) is 0. The summed E-state index contributed by atoms with van der Waals surface area (Å²) in [6, 6.07) is 12.0. The maximum atomic E-state index is 12.7. The first kappa shape index (κ1) is 20.7. The van der Waals surface area contributed by atoms with Crippen LogP contribution in [0.2, 0.25) is 0 Å². The van der Waals surface area contributed by atoms with Gasteiger partial charge in [-0.25, -0.2) is 9.97 Å². The van der Waals surface area contributed by atoms with Gasteiger partial charge in [-0.1, -0.05) is 18.2 Å². The molecule has 2 aromatic heterocycles. The van der Waals surface area contributed by atoms with Gasteiger partial charge in [0, 0.05) is 45.1 Å². The maximum Gasteiger partial charge on any atom is 0.224 e. The largest absolute Gasteiger partial charge is 0.383 e. The summed E-state index contributed by atoms with van der Waals surface area (Å²) in [5.74, 6) is 1.70. The third kappa shape index (κ3) is 4.77. The van der Waals surface area contributed by atoms with Crippen molar-refractivity contribution in [3.05, 3.63) is 41.8 Å². The lowest BCUT2D eigenvalue weighted by Crippen LogP contribution is -2.42. The van der Waals surface area contributed by atoms with Crippen molar-refractivity contribution in [1.29, 1.82) is 0 Å². The van der Waals surface area contributed by atoms with Crippen molar-refractivity contribution < 1.29 is 14.3 Å². The third-order valence-corrected chi connectivity index (χ3v) is 6.01. The Labute approximate surface area is 180 Å². The molecule has 0 atom stereocenters. The van der Waals surface area contributed by atoms with Gasteiger partial charge in [-0.2, -0.15) is 0 Å². The zero-order valence-electron chi connectivity index (χ0n) is 17.1. The van der Waals surface area contributed by atoms with E-state index in [1.165, 1.54) is 0 Å². The first-order valence-corrected chi connectivity index (χ1v) is 11.0. The van der Waals surface area contributed by atoms with E-state index in [0.717, 1.165) is 21.6 Å². The number of hydrogen-bond acceptors (Lipinski definition) is 7. The number of thiophene rings is 1. The average molecular weight is 427 g/mol. The molecule has 1 fully saturated rings. The fraction of sp³-hybridized carbons (Fsp3) is 0.409. The molecule has 7 nitrogen and oxygen atoms in total. The zero-order valence-corrected chi connectivity index (χ0v) is 17.9. The summed E-state index contributed by atoms with van der Waals surface area (Å²) in [5, 5.41) is 3.00. The molecule has 158 valence electrons. The zero-order chi connectivity index (χ0) is 20.8. The van der Waals surface area contributed by atoms with Crippen LogP contribution in [0.1, 0.15) is 6.42 Å². The van der Waals surface area contributed by atoms with E-state index in [0.29, 0.717) is 58.2 Å². The fourth-order valence-corrected chi connectivity index (χ4v) is 4.20. The van der Waals surface area contributed by atoms with Crippen LogP contribution in [-0.2, 0) is 14.3 Å². The SMILES string of the molecule is COCCN(CCC(=O)N1CCOCC1)c1nc(-c2cccs2)nc2ccccc12. The second-order valence-electron chi connectivity index (χ2n) is 7.09. The molecule has 3 aromatic rings. The maximum absolute atomic E-state index is 12.7. The molecule has 0 unspecified atom stereocenters. The van der Waals surface area contributed by atoms with Gasteiger partial charge in [0.25, 0.3) is 0 Å². The molecule has 30 heavy (non-hydrogen) atoms. The highest BCUT2D eigenvalue weighted by atomic mass is 32.1. The molecular formula is C22H26N4O3S. The summed E-state index contributed by atoms with van der Waals surface area (Å²) >= 11 is 1.62. The Hall–Kier alpha value is -2.55. The number of morpholine rings is 1. The van der Waals surface area contributed by atoms with Crippen LogP contribution in [0.5, 0.6) is 0 Å². The molecule has 1 saturated heterocycles. The van der Waals surface area contributed by atoms with Gasteiger partial charge in [-0.3, -0.25) is 4.79 Å². The third-order valence-electron chi connectivity index (χ3n) is 5.15. The first-order valence-electron chi connectivity index (χ1n) is 10.2. The van der Waals surface area contributed by atoms with E-state index < -0.39 is 0 Å². The van der Waals surface area contributed by atoms with E-state index in [4.69, 9.17) is 19.4 Å². The summed E-state index contributed by atoms with van der Waals surface area (Å²) in [5.41, 5.74) is 0.896. The Morgan fingerprint density at radius 1 is 1.17 bits per heavy atom. The molecule has 8 heteroatoms. The van der Waals surface area contributed by atoms with E-state index in [-0.39, 0.29) is 5.91 Å². The van der Waals surface area contributed by atoms with Crippen LogP contribution in [0.4, 0.5) is 5.82 Å². The lowest BCUT2D eigenvalue weighted by molar-refractivity contribution is -0.135. The number of rotatable bonds is 8. The summed E-state index contributed by atoms with van der Waals surface area (Å²) < 4.78 is 10.7. The van der Waals surface area contributed by atoms with Crippen LogP contribution in [0, 0.1) is 0 Å². The summed E-state index contributed by atoms with van der Waals surface area (Å²) in [6.07, 6.45) is 0.427. The van der Waals surface area contributed by atoms with E-state index in [9.17, 15) is 4.79 Å². The highest BCUT2D eigenvalue weighted by molar-refractivity contribution is 7.13. The lowest BCUT2D eigenvalue weighted by atomic mass is 10.2. The molecule has 0 N–H and O–H groups in total. The smallest absolute Gasteiger partial charge is 0.224 e. The van der Waals surface area contributed by atoms with Gasteiger partial charge in [0.1, 0.15) is 5.82 Å². The second kappa shape index (κ2) is 9.97. The van der Waals surface area contributed by atoms with Gasteiger partial charge in [0.05, 0.1) is 30.2 Å². The standard InChI is InChI=1S/C22H26N4O3S/c1-28-13-10-26(9-8-20(27)25-11-14-29-15-12-25)22-17-5-2-3-6-18(17)23-21(24-22)19-7-4-16-30-19/h2-7,16H,8-15H2,1H3. The molecule has 0 aliphatic carbocycles. The molecular weight excluding hydrogens is 400 g/mol. The number of benzene rings is 1. The molecule has 4 rings (SSSR count). The molecule has 1 aliphatic heterocycles. The van der Waals surface area contributed by atoms with E-state index in [1.54, 1.807) is 18.4 Å². The summed E-state index contributed by atoms with van der Waals surface area (Å²) in [6.45, 7) is 4.33. The monoisotopic (exact) mass is 426 g/mol. The quantitative estimate of drug-likeness (QED) is 0.552. The van der Waals surface area contributed by atoms with E-state index in [1.807, 2.05) is 46.7 Å². The number of carbonyl (C=O) groups excluding carboxylic acids is 1. The highest BCUT2D eigenvalue weighted by Gasteiger charge is 2.20. The van der Waals surface area contributed by atoms with Crippen molar-refractivity contribution in [3.63, 3.8) is 0 Å². The fourth-order valence-electron chi connectivity index (χ4n) is 3.54. The Kier molecular flexibility index (Phi) is 6.88. The van der Waals surface area contributed by atoms with Gasteiger partial charge >= 0.3 is 0 Å². The van der Waals surface area contributed by atoms with Crippen molar-refractivity contribution in [3.8, 4) is 10.7 Å². The second-order valence-corrected chi connectivity index (χ2v) is 8.04. The van der Waals surface area contributed by atoms with Crippen LogP contribution >= 0.6 is 11.3 Å². The number of amides is 1. The van der Waals surface area contributed by atoms with Gasteiger partial charge in [0.2, 0.25) is 5.91 Å². The summed E-state index contributed by atoms with van der Waals surface area (Å²) in [4.78, 5) is 27.4. The predicted molar refractivity (Wildman–Crippen MR) is 119 cm³/mol. The first-order chi connectivity index (χ1) is 14.8. The minimum absolute atomic E-state index is 0.151. The average Bonchev–Trinajstić information content (AvgIpc) is 3.34. The minimum atomic E-state index is 0.151. The molecule has 0 radical (unpaired) electrons. The summed E-state index contributed by atoms with van der Waals surface area (Å²) in [7, 11) is 1.69. The lowest BCUT2D eigenvalue weighted by Gasteiger charge is -2.29. The number of anilines is 1. The topological polar surface area (TPSA) is 67.8 Å². The molecule has 0 saturated carbocycles. The Morgan fingerprint density at radius 2 is 2.00 bits per heavy atom. The number of ether oxygens (including phenoxy) is 2. The molecule has 0 spiro atoms. The Bertz CT molecular complexity index is 974. The number of carbonyl (C=O) groups is 1. The van der Waals surface area contributed by atoms with Gasteiger partial charge in [0.15, 0.2) is 5.82 Å². The van der Waals surface area contributed by atoms with Crippen molar-refractivity contribution in [1.82, 2.24) is 14.9 Å². The van der Waals surface area contributed by atoms with Crippen molar-refractivity contribution in [2.75, 3.05) is 58.0 Å². The Morgan fingerprint density at radius 3 is 2.77 bits per heavy atom. The normalized spacial score (nSPS) is 14.2. The number of fused-ring (bicyclic) bond motifs is 1. The van der Waals surface area contributed by atoms with Gasteiger partial charge in [-0.15, -0.1) is 11.3 Å². The minimum Gasteiger partial charge on any atom is -0.383 e. The number of nitrogens with zero attached hydrogens (tertiary/aromatic N) is 4. The molecule has 0 bridgehead atoms. The molecule has 1 amide bonds. The molecule has 3 heterocycles. The molecule has 1 aromatic carbocycles.